The molecule has 2 unspecified atom stereocenters. The van der Waals surface area contributed by atoms with Crippen molar-refractivity contribution in [2.24, 2.45) is 11.3 Å². The van der Waals surface area contributed by atoms with E-state index in [9.17, 15) is 9.90 Å². The Balaban J connectivity index is 1.99. The van der Waals surface area contributed by atoms with Gasteiger partial charge in [-0.1, -0.05) is 0 Å². The molecule has 2 atom stereocenters. The Hall–Kier alpha value is -0.570. The minimum Gasteiger partial charge on any atom is -0.481 e. The number of carboxylic acid groups (broad SMARTS) is 1. The van der Waals surface area contributed by atoms with Crippen LogP contribution in [0.15, 0.2) is 0 Å². The quantitative estimate of drug-likeness (QED) is 0.752. The zero-order valence-corrected chi connectivity index (χ0v) is 8.66. The van der Waals surface area contributed by atoms with Gasteiger partial charge in [0.25, 0.3) is 0 Å². The van der Waals surface area contributed by atoms with E-state index < -0.39 is 11.4 Å². The smallest absolute Gasteiger partial charge is 0.309 e. The van der Waals surface area contributed by atoms with Gasteiger partial charge in [-0.15, -0.1) is 0 Å². The maximum atomic E-state index is 11.2. The first-order chi connectivity index (χ1) is 6.63. The van der Waals surface area contributed by atoms with Crippen LogP contribution in [0.5, 0.6) is 0 Å². The molecule has 2 fully saturated rings. The molecule has 1 heterocycles. The van der Waals surface area contributed by atoms with Gasteiger partial charge in [-0.3, -0.25) is 4.79 Å². The van der Waals surface area contributed by atoms with Crippen molar-refractivity contribution in [1.29, 1.82) is 0 Å². The van der Waals surface area contributed by atoms with Gasteiger partial charge < -0.3 is 9.84 Å². The van der Waals surface area contributed by atoms with Crippen LogP contribution in [-0.2, 0) is 9.53 Å². The van der Waals surface area contributed by atoms with Gasteiger partial charge in [0.05, 0.1) is 11.5 Å². The van der Waals surface area contributed by atoms with Crippen molar-refractivity contribution >= 4 is 5.97 Å². The number of rotatable bonds is 4. The maximum Gasteiger partial charge on any atom is 0.309 e. The molecule has 1 aliphatic carbocycles. The Morgan fingerprint density at radius 3 is 2.64 bits per heavy atom. The highest BCUT2D eigenvalue weighted by Crippen LogP contribution is 2.49. The lowest BCUT2D eigenvalue weighted by Gasteiger charge is -2.27. The summed E-state index contributed by atoms with van der Waals surface area (Å²) in [4.78, 5) is 11.2. The summed E-state index contributed by atoms with van der Waals surface area (Å²) in [6.45, 7) is 2.69. The highest BCUT2D eigenvalue weighted by atomic mass is 16.5. The normalized spacial score (nSPS) is 31.4. The first-order valence-electron chi connectivity index (χ1n) is 5.48. The molecule has 0 amide bonds. The highest BCUT2D eigenvalue weighted by molar-refractivity contribution is 5.75. The molecule has 0 aromatic heterocycles. The van der Waals surface area contributed by atoms with Crippen LogP contribution in [0.4, 0.5) is 0 Å². The van der Waals surface area contributed by atoms with Crippen LogP contribution in [0.2, 0.25) is 0 Å². The van der Waals surface area contributed by atoms with Crippen LogP contribution in [0, 0.1) is 11.3 Å². The van der Waals surface area contributed by atoms with E-state index in [0.717, 1.165) is 32.3 Å². The van der Waals surface area contributed by atoms with Gasteiger partial charge in [-0.05, 0) is 44.9 Å². The molecule has 2 rings (SSSR count). The van der Waals surface area contributed by atoms with E-state index in [0.29, 0.717) is 12.3 Å². The second-order valence-electron chi connectivity index (χ2n) is 4.84. The fourth-order valence-electron chi connectivity index (χ4n) is 2.43. The second-order valence-corrected chi connectivity index (χ2v) is 4.84. The van der Waals surface area contributed by atoms with Crippen LogP contribution in [0.1, 0.15) is 39.0 Å². The molecule has 14 heavy (non-hydrogen) atoms. The van der Waals surface area contributed by atoms with Gasteiger partial charge >= 0.3 is 5.97 Å². The van der Waals surface area contributed by atoms with E-state index in [-0.39, 0.29) is 6.10 Å². The van der Waals surface area contributed by atoms with Crippen molar-refractivity contribution in [3.05, 3.63) is 0 Å². The predicted octanol–water partition coefficient (Wildman–Crippen LogP) is 2.06. The number of ether oxygens (including phenoxy) is 1. The van der Waals surface area contributed by atoms with E-state index >= 15 is 0 Å². The molecule has 80 valence electrons. The maximum absolute atomic E-state index is 11.2. The van der Waals surface area contributed by atoms with Crippen molar-refractivity contribution < 1.29 is 14.6 Å². The fraction of sp³-hybridized carbons (Fsp3) is 0.909. The molecular weight excluding hydrogens is 180 g/mol. The monoisotopic (exact) mass is 198 g/mol. The zero-order chi connectivity index (χ0) is 10.2. The van der Waals surface area contributed by atoms with E-state index in [4.69, 9.17) is 4.74 Å². The fourth-order valence-corrected chi connectivity index (χ4v) is 2.43. The minimum atomic E-state index is -0.643. The van der Waals surface area contributed by atoms with E-state index in [1.54, 1.807) is 0 Å². The lowest BCUT2D eigenvalue weighted by molar-refractivity contribution is -0.151. The van der Waals surface area contributed by atoms with Gasteiger partial charge in [-0.25, -0.2) is 0 Å². The molecule has 1 aliphatic heterocycles. The molecular formula is C11H18O3. The summed E-state index contributed by atoms with van der Waals surface area (Å²) < 4.78 is 5.51. The summed E-state index contributed by atoms with van der Waals surface area (Å²) in [6.07, 6.45) is 5.18. The Bertz CT molecular complexity index is 229. The standard InChI is InChI=1S/C11H18O3/c1-11(10(12)13,8-4-5-8)7-9-3-2-6-14-9/h8-9H,2-7H2,1H3,(H,12,13). The molecule has 2 aliphatic rings. The average molecular weight is 198 g/mol. The number of hydrogen-bond donors (Lipinski definition) is 1. The summed E-state index contributed by atoms with van der Waals surface area (Å²) in [5.41, 5.74) is -0.533. The lowest BCUT2D eigenvalue weighted by Crippen LogP contribution is -2.33. The number of carbonyl (C=O) groups is 1. The van der Waals surface area contributed by atoms with Gasteiger partial charge in [0.15, 0.2) is 0 Å². The average Bonchev–Trinajstić information content (AvgIpc) is 2.87. The molecule has 1 saturated heterocycles. The third-order valence-corrected chi connectivity index (χ3v) is 3.64. The summed E-state index contributed by atoms with van der Waals surface area (Å²) in [5, 5.41) is 9.25. The van der Waals surface area contributed by atoms with E-state index in [1.807, 2.05) is 6.92 Å². The summed E-state index contributed by atoms with van der Waals surface area (Å²) in [5.74, 6) is -0.250. The molecule has 0 aromatic rings. The number of carboxylic acids is 1. The van der Waals surface area contributed by atoms with Crippen LogP contribution in [0.3, 0.4) is 0 Å². The van der Waals surface area contributed by atoms with Gasteiger partial charge in [0, 0.05) is 6.61 Å². The Morgan fingerprint density at radius 1 is 1.50 bits per heavy atom. The highest BCUT2D eigenvalue weighted by Gasteiger charge is 2.48. The topological polar surface area (TPSA) is 46.5 Å². The second kappa shape index (κ2) is 3.54. The SMILES string of the molecule is CC(CC1CCCO1)(C(=O)O)C1CC1. The van der Waals surface area contributed by atoms with Crippen molar-refractivity contribution in [2.45, 2.75) is 45.1 Å². The number of hydrogen-bond acceptors (Lipinski definition) is 2. The molecule has 3 nitrogen and oxygen atoms in total. The predicted molar refractivity (Wildman–Crippen MR) is 52.1 cm³/mol. The molecule has 0 bridgehead atoms. The van der Waals surface area contributed by atoms with Crippen LogP contribution in [0.25, 0.3) is 0 Å². The van der Waals surface area contributed by atoms with Crippen molar-refractivity contribution in [3.63, 3.8) is 0 Å². The minimum absolute atomic E-state index is 0.191. The van der Waals surface area contributed by atoms with Crippen LogP contribution in [-0.4, -0.2) is 23.8 Å². The molecule has 0 spiro atoms. The molecule has 3 heteroatoms. The van der Waals surface area contributed by atoms with Crippen molar-refractivity contribution in [2.75, 3.05) is 6.61 Å². The Morgan fingerprint density at radius 2 is 2.21 bits per heavy atom. The lowest BCUT2D eigenvalue weighted by atomic mass is 9.79. The van der Waals surface area contributed by atoms with Crippen molar-refractivity contribution in [3.8, 4) is 0 Å². The molecule has 0 aromatic carbocycles. The summed E-state index contributed by atoms with van der Waals surface area (Å²) in [7, 11) is 0. The van der Waals surface area contributed by atoms with Gasteiger partial charge in [0.1, 0.15) is 0 Å². The molecule has 0 radical (unpaired) electrons. The third-order valence-electron chi connectivity index (χ3n) is 3.64. The Labute approximate surface area is 84.4 Å². The zero-order valence-electron chi connectivity index (χ0n) is 8.66. The first-order valence-corrected chi connectivity index (χ1v) is 5.48. The van der Waals surface area contributed by atoms with E-state index in [1.165, 1.54) is 0 Å². The number of aliphatic carboxylic acids is 1. The first kappa shape index (κ1) is 9.97. The van der Waals surface area contributed by atoms with E-state index in [2.05, 4.69) is 0 Å². The molecule has 1 N–H and O–H groups in total. The third kappa shape index (κ3) is 1.78. The van der Waals surface area contributed by atoms with Crippen molar-refractivity contribution in [1.82, 2.24) is 0 Å². The van der Waals surface area contributed by atoms with Gasteiger partial charge in [-0.2, -0.15) is 0 Å². The molecule has 1 saturated carbocycles. The largest absolute Gasteiger partial charge is 0.481 e. The van der Waals surface area contributed by atoms with Crippen LogP contribution >= 0.6 is 0 Å². The van der Waals surface area contributed by atoms with Crippen LogP contribution < -0.4 is 0 Å². The Kier molecular flexibility index (Phi) is 2.52. The van der Waals surface area contributed by atoms with Gasteiger partial charge in [0.2, 0.25) is 0 Å². The summed E-state index contributed by atoms with van der Waals surface area (Å²) >= 11 is 0. The summed E-state index contributed by atoms with van der Waals surface area (Å²) in [6, 6.07) is 0.